The summed E-state index contributed by atoms with van der Waals surface area (Å²) in [7, 11) is 0. The van der Waals surface area contributed by atoms with Gasteiger partial charge in [0.25, 0.3) is 5.91 Å². The Kier molecular flexibility index (Phi) is 6.29. The smallest absolute Gasteiger partial charge is 0.293 e. The highest BCUT2D eigenvalue weighted by Gasteiger charge is 2.15. The summed E-state index contributed by atoms with van der Waals surface area (Å²) in [5.41, 5.74) is 1.09. The molecular formula is C18H10Cl4N2O2S. The minimum atomic E-state index is -0.526. The van der Waals surface area contributed by atoms with Gasteiger partial charge in [0, 0.05) is 15.6 Å². The third-order valence-corrected chi connectivity index (χ3v) is 4.67. The summed E-state index contributed by atoms with van der Waals surface area (Å²) in [6.07, 6.45) is 0. The van der Waals surface area contributed by atoms with Crippen LogP contribution < -0.4 is 10.6 Å². The molecule has 3 rings (SSSR count). The lowest BCUT2D eigenvalue weighted by Gasteiger charge is -2.12. The van der Waals surface area contributed by atoms with Gasteiger partial charge in [0.05, 0.1) is 15.7 Å². The van der Waals surface area contributed by atoms with Crippen molar-refractivity contribution in [3.63, 3.8) is 0 Å². The maximum atomic E-state index is 12.3. The molecule has 0 saturated carbocycles. The minimum absolute atomic E-state index is 0.00632. The highest BCUT2D eigenvalue weighted by molar-refractivity contribution is 7.80. The number of nitrogens with one attached hydrogen (secondary N) is 2. The molecule has 0 bridgehead atoms. The Bertz CT molecular complexity index is 1010. The number of halogens is 4. The van der Waals surface area contributed by atoms with Gasteiger partial charge in [-0.3, -0.25) is 10.1 Å². The summed E-state index contributed by atoms with van der Waals surface area (Å²) in [5.74, 6) is 0.0646. The number of anilines is 1. The van der Waals surface area contributed by atoms with Gasteiger partial charge in [-0.1, -0.05) is 58.5 Å². The van der Waals surface area contributed by atoms with E-state index in [4.69, 9.17) is 63.0 Å². The van der Waals surface area contributed by atoms with Crippen LogP contribution in [0.1, 0.15) is 10.6 Å². The standard InChI is InChI=1S/C18H10Cl4N2O2S/c19-10-3-1-2-9(6-10)14-4-5-15(26-14)17(25)24-18(27)23-16-12(21)7-11(20)8-13(16)22/h1-8H,(H2,23,24,25,27). The van der Waals surface area contributed by atoms with Crippen LogP contribution in [0.5, 0.6) is 0 Å². The Morgan fingerprint density at radius 1 is 0.926 bits per heavy atom. The van der Waals surface area contributed by atoms with Gasteiger partial charge in [0.15, 0.2) is 10.9 Å². The molecule has 27 heavy (non-hydrogen) atoms. The Balaban J connectivity index is 1.70. The van der Waals surface area contributed by atoms with Crippen molar-refractivity contribution in [3.8, 4) is 11.3 Å². The number of hydrogen-bond acceptors (Lipinski definition) is 3. The molecular weight excluding hydrogens is 450 g/mol. The summed E-state index contributed by atoms with van der Waals surface area (Å²) in [5, 5.41) is 6.77. The van der Waals surface area contributed by atoms with Crippen molar-refractivity contribution >= 4 is 75.3 Å². The molecule has 0 aliphatic rings. The molecule has 138 valence electrons. The summed E-state index contributed by atoms with van der Waals surface area (Å²) in [6.45, 7) is 0. The number of amides is 1. The maximum Gasteiger partial charge on any atom is 0.293 e. The highest BCUT2D eigenvalue weighted by atomic mass is 35.5. The lowest BCUT2D eigenvalue weighted by Crippen LogP contribution is -2.34. The zero-order chi connectivity index (χ0) is 19.6. The number of benzene rings is 2. The van der Waals surface area contributed by atoms with Gasteiger partial charge in [-0.25, -0.2) is 0 Å². The Morgan fingerprint density at radius 2 is 1.63 bits per heavy atom. The van der Waals surface area contributed by atoms with Crippen molar-refractivity contribution in [3.05, 3.63) is 74.4 Å². The molecule has 2 N–H and O–H groups in total. The van der Waals surface area contributed by atoms with Gasteiger partial charge >= 0.3 is 0 Å². The highest BCUT2D eigenvalue weighted by Crippen LogP contribution is 2.33. The van der Waals surface area contributed by atoms with Crippen LogP contribution in [-0.2, 0) is 0 Å². The van der Waals surface area contributed by atoms with Gasteiger partial charge in [0.2, 0.25) is 0 Å². The lowest BCUT2D eigenvalue weighted by atomic mass is 10.2. The van der Waals surface area contributed by atoms with E-state index in [-0.39, 0.29) is 20.9 Å². The van der Waals surface area contributed by atoms with Crippen LogP contribution in [0.25, 0.3) is 11.3 Å². The Hall–Kier alpha value is -1.76. The van der Waals surface area contributed by atoms with Crippen LogP contribution in [0, 0.1) is 0 Å². The minimum Gasteiger partial charge on any atom is -0.451 e. The fourth-order valence-electron chi connectivity index (χ4n) is 2.23. The third kappa shape index (κ3) is 4.94. The van der Waals surface area contributed by atoms with E-state index in [1.54, 1.807) is 24.3 Å². The van der Waals surface area contributed by atoms with E-state index in [0.29, 0.717) is 21.5 Å². The third-order valence-electron chi connectivity index (χ3n) is 3.41. The zero-order valence-electron chi connectivity index (χ0n) is 13.4. The van der Waals surface area contributed by atoms with Gasteiger partial charge in [-0.2, -0.15) is 0 Å². The van der Waals surface area contributed by atoms with Crippen molar-refractivity contribution in [2.24, 2.45) is 0 Å². The Labute approximate surface area is 180 Å². The van der Waals surface area contributed by atoms with Crippen LogP contribution in [0.2, 0.25) is 20.1 Å². The monoisotopic (exact) mass is 458 g/mol. The second-order valence-electron chi connectivity index (χ2n) is 5.33. The SMILES string of the molecule is O=C(NC(=S)Nc1c(Cl)cc(Cl)cc1Cl)c1ccc(-c2cccc(Cl)c2)o1. The summed E-state index contributed by atoms with van der Waals surface area (Å²) in [4.78, 5) is 12.3. The average molecular weight is 460 g/mol. The Morgan fingerprint density at radius 3 is 2.30 bits per heavy atom. The predicted molar refractivity (Wildman–Crippen MR) is 114 cm³/mol. The topological polar surface area (TPSA) is 54.3 Å². The van der Waals surface area contributed by atoms with Gasteiger partial charge < -0.3 is 9.73 Å². The summed E-state index contributed by atoms with van der Waals surface area (Å²) in [6, 6.07) is 13.3. The fourth-order valence-corrected chi connectivity index (χ4v) is 3.52. The molecule has 0 atom stereocenters. The van der Waals surface area contributed by atoms with Crippen LogP contribution in [0.4, 0.5) is 5.69 Å². The van der Waals surface area contributed by atoms with Crippen LogP contribution in [-0.4, -0.2) is 11.0 Å². The second-order valence-corrected chi connectivity index (χ2v) is 7.42. The van der Waals surface area contributed by atoms with Gasteiger partial charge in [-0.15, -0.1) is 0 Å². The fraction of sp³-hybridized carbons (Fsp3) is 0. The molecule has 2 aromatic carbocycles. The lowest BCUT2D eigenvalue weighted by molar-refractivity contribution is 0.0951. The number of carbonyl (C=O) groups excluding carboxylic acids is 1. The molecule has 0 saturated heterocycles. The van der Waals surface area contributed by atoms with Crippen LogP contribution in [0.15, 0.2) is 52.9 Å². The van der Waals surface area contributed by atoms with Gasteiger partial charge in [0.1, 0.15) is 5.76 Å². The largest absolute Gasteiger partial charge is 0.451 e. The average Bonchev–Trinajstić information content (AvgIpc) is 3.08. The molecule has 0 aliphatic carbocycles. The van der Waals surface area contributed by atoms with Crippen molar-refractivity contribution < 1.29 is 9.21 Å². The van der Waals surface area contributed by atoms with Crippen molar-refractivity contribution in [1.29, 1.82) is 0 Å². The van der Waals surface area contributed by atoms with E-state index in [9.17, 15) is 4.79 Å². The van der Waals surface area contributed by atoms with Crippen LogP contribution >= 0.6 is 58.6 Å². The van der Waals surface area contributed by atoms with E-state index < -0.39 is 5.91 Å². The molecule has 3 aromatic rings. The molecule has 0 spiro atoms. The first-order chi connectivity index (χ1) is 12.8. The number of rotatable bonds is 3. The summed E-state index contributed by atoms with van der Waals surface area (Å²) >= 11 is 29.1. The molecule has 0 unspecified atom stereocenters. The zero-order valence-corrected chi connectivity index (χ0v) is 17.2. The molecule has 0 radical (unpaired) electrons. The molecule has 4 nitrogen and oxygen atoms in total. The molecule has 0 fully saturated rings. The molecule has 1 aromatic heterocycles. The first-order valence-electron chi connectivity index (χ1n) is 7.46. The molecule has 0 aliphatic heterocycles. The molecule has 1 heterocycles. The predicted octanol–water partition coefficient (Wildman–Crippen LogP) is 6.69. The van der Waals surface area contributed by atoms with E-state index in [2.05, 4.69) is 10.6 Å². The van der Waals surface area contributed by atoms with E-state index in [0.717, 1.165) is 5.56 Å². The van der Waals surface area contributed by atoms with Crippen molar-refractivity contribution in [2.45, 2.75) is 0 Å². The first-order valence-corrected chi connectivity index (χ1v) is 9.38. The van der Waals surface area contributed by atoms with Gasteiger partial charge in [-0.05, 0) is 48.6 Å². The quantitative estimate of drug-likeness (QED) is 0.428. The van der Waals surface area contributed by atoms with Crippen molar-refractivity contribution in [2.75, 3.05) is 5.32 Å². The van der Waals surface area contributed by atoms with E-state index in [1.807, 2.05) is 6.07 Å². The first kappa shape index (κ1) is 20.0. The van der Waals surface area contributed by atoms with Crippen molar-refractivity contribution in [1.82, 2.24) is 5.32 Å². The number of hydrogen-bond donors (Lipinski definition) is 2. The van der Waals surface area contributed by atoms with E-state index >= 15 is 0 Å². The molecule has 9 heteroatoms. The van der Waals surface area contributed by atoms with Crippen LogP contribution in [0.3, 0.4) is 0 Å². The summed E-state index contributed by atoms with van der Waals surface area (Å²) < 4.78 is 5.57. The number of carbonyl (C=O) groups is 1. The van der Waals surface area contributed by atoms with E-state index in [1.165, 1.54) is 18.2 Å². The second kappa shape index (κ2) is 8.50. The molecule has 1 amide bonds. The number of furan rings is 1. The number of thiocarbonyl (C=S) groups is 1. The normalized spacial score (nSPS) is 10.5. The maximum absolute atomic E-state index is 12.3.